The molecule has 0 spiro atoms. The molecule has 17 heavy (non-hydrogen) atoms. The van der Waals surface area contributed by atoms with E-state index in [1.165, 1.54) is 0 Å². The zero-order chi connectivity index (χ0) is 12.9. The van der Waals surface area contributed by atoms with Crippen molar-refractivity contribution in [1.82, 2.24) is 4.90 Å². The minimum absolute atomic E-state index is 0.0184. The zero-order valence-electron chi connectivity index (χ0n) is 11.1. The maximum Gasteiger partial charge on any atom is 0.410 e. The van der Waals surface area contributed by atoms with Crippen LogP contribution in [0.2, 0.25) is 0 Å². The van der Waals surface area contributed by atoms with Crippen LogP contribution in [0.3, 0.4) is 0 Å². The maximum absolute atomic E-state index is 12.0. The second-order valence-corrected chi connectivity index (χ2v) is 5.58. The van der Waals surface area contributed by atoms with Gasteiger partial charge in [0.25, 0.3) is 0 Å². The number of amides is 1. The van der Waals surface area contributed by atoms with Gasteiger partial charge in [-0.1, -0.05) is 12.8 Å². The summed E-state index contributed by atoms with van der Waals surface area (Å²) >= 11 is 0. The lowest BCUT2D eigenvalue weighted by Gasteiger charge is -2.31. The molecule has 4 nitrogen and oxygen atoms in total. The summed E-state index contributed by atoms with van der Waals surface area (Å²) in [7, 11) is 0. The van der Waals surface area contributed by atoms with Gasteiger partial charge >= 0.3 is 6.09 Å². The largest absolute Gasteiger partial charge is 0.444 e. The van der Waals surface area contributed by atoms with Crippen LogP contribution >= 0.6 is 0 Å². The lowest BCUT2D eigenvalue weighted by Crippen LogP contribution is -2.43. The Bertz CT molecular complexity index is 270. The molecule has 98 valence electrons. The number of ether oxygens (including phenoxy) is 1. The van der Waals surface area contributed by atoms with Gasteiger partial charge in [-0.25, -0.2) is 4.79 Å². The Labute approximate surface area is 103 Å². The van der Waals surface area contributed by atoms with Crippen molar-refractivity contribution in [3.05, 3.63) is 0 Å². The number of aldehydes is 1. The van der Waals surface area contributed by atoms with Crippen LogP contribution in [0.15, 0.2) is 0 Å². The fourth-order valence-electron chi connectivity index (χ4n) is 2.09. The van der Waals surface area contributed by atoms with Gasteiger partial charge in [0.1, 0.15) is 11.9 Å². The van der Waals surface area contributed by atoms with Gasteiger partial charge < -0.3 is 14.4 Å². The molecule has 1 saturated heterocycles. The fraction of sp³-hybridized carbons (Fsp3) is 0.846. The molecule has 0 saturated carbocycles. The number of hydrogen-bond donors (Lipinski definition) is 0. The fourth-order valence-corrected chi connectivity index (χ4v) is 2.09. The minimum Gasteiger partial charge on any atom is -0.444 e. The molecule has 0 bridgehead atoms. The van der Waals surface area contributed by atoms with E-state index in [-0.39, 0.29) is 12.1 Å². The smallest absolute Gasteiger partial charge is 0.410 e. The van der Waals surface area contributed by atoms with Crippen LogP contribution in [0.25, 0.3) is 0 Å². The van der Waals surface area contributed by atoms with Crippen LogP contribution < -0.4 is 0 Å². The van der Waals surface area contributed by atoms with Crippen LogP contribution in [0, 0.1) is 0 Å². The Hall–Kier alpha value is -1.06. The Morgan fingerprint density at radius 1 is 1.35 bits per heavy atom. The monoisotopic (exact) mass is 241 g/mol. The molecule has 0 radical (unpaired) electrons. The summed E-state index contributed by atoms with van der Waals surface area (Å²) < 4.78 is 5.38. The van der Waals surface area contributed by atoms with Gasteiger partial charge in [-0.2, -0.15) is 0 Å². The third-order valence-electron chi connectivity index (χ3n) is 2.87. The predicted octanol–water partition coefficient (Wildman–Crippen LogP) is 2.76. The van der Waals surface area contributed by atoms with Crippen LogP contribution in [-0.4, -0.2) is 35.5 Å². The highest BCUT2D eigenvalue weighted by Crippen LogP contribution is 2.21. The van der Waals surface area contributed by atoms with E-state index in [9.17, 15) is 9.59 Å². The van der Waals surface area contributed by atoms with E-state index in [4.69, 9.17) is 4.74 Å². The van der Waals surface area contributed by atoms with Crippen molar-refractivity contribution in [1.29, 1.82) is 0 Å². The first-order valence-electron chi connectivity index (χ1n) is 6.37. The van der Waals surface area contributed by atoms with E-state index < -0.39 is 5.60 Å². The molecule has 1 heterocycles. The third kappa shape index (κ3) is 4.75. The van der Waals surface area contributed by atoms with Crippen LogP contribution in [0.1, 0.15) is 52.9 Å². The number of carbonyl (C=O) groups excluding carboxylic acids is 2. The van der Waals surface area contributed by atoms with Gasteiger partial charge in [0.2, 0.25) is 0 Å². The van der Waals surface area contributed by atoms with Crippen LogP contribution in [-0.2, 0) is 9.53 Å². The molecule has 0 aromatic heterocycles. The van der Waals surface area contributed by atoms with Gasteiger partial charge in [-0.05, 0) is 33.6 Å². The van der Waals surface area contributed by atoms with Crippen LogP contribution in [0.5, 0.6) is 0 Å². The molecule has 1 fully saturated rings. The molecule has 1 amide bonds. The Kier molecular flexibility index (Phi) is 4.97. The summed E-state index contributed by atoms with van der Waals surface area (Å²) in [5, 5.41) is 0. The molecule has 0 aromatic carbocycles. The molecule has 1 rings (SSSR count). The average Bonchev–Trinajstić information content (AvgIpc) is 2.41. The normalized spacial score (nSPS) is 21.8. The van der Waals surface area contributed by atoms with Crippen molar-refractivity contribution >= 4 is 12.4 Å². The first-order chi connectivity index (χ1) is 7.94. The molecule has 0 N–H and O–H groups in total. The molecule has 4 heteroatoms. The first-order valence-corrected chi connectivity index (χ1v) is 6.37. The number of nitrogens with zero attached hydrogens (tertiary/aromatic N) is 1. The molecule has 1 atom stereocenters. The van der Waals surface area contributed by atoms with Crippen molar-refractivity contribution in [3.63, 3.8) is 0 Å². The van der Waals surface area contributed by atoms with Gasteiger partial charge in [-0.3, -0.25) is 0 Å². The number of hydrogen-bond acceptors (Lipinski definition) is 3. The molecular formula is C13H23NO3. The van der Waals surface area contributed by atoms with Gasteiger partial charge in [-0.15, -0.1) is 0 Å². The van der Waals surface area contributed by atoms with Crippen molar-refractivity contribution in [3.8, 4) is 0 Å². The summed E-state index contributed by atoms with van der Waals surface area (Å²) in [6, 6.07) is 0.0184. The quantitative estimate of drug-likeness (QED) is 0.698. The number of carbonyl (C=O) groups is 2. The molecule has 1 unspecified atom stereocenters. The molecular weight excluding hydrogens is 218 g/mol. The van der Waals surface area contributed by atoms with E-state index >= 15 is 0 Å². The highest BCUT2D eigenvalue weighted by molar-refractivity contribution is 5.69. The number of rotatable bonds is 2. The van der Waals surface area contributed by atoms with Crippen LogP contribution in [0.4, 0.5) is 4.79 Å². The van der Waals surface area contributed by atoms with E-state index in [2.05, 4.69) is 0 Å². The van der Waals surface area contributed by atoms with Crippen molar-refractivity contribution in [2.75, 3.05) is 6.54 Å². The summed E-state index contributed by atoms with van der Waals surface area (Å²) in [4.78, 5) is 24.4. The lowest BCUT2D eigenvalue weighted by atomic mass is 10.1. The van der Waals surface area contributed by atoms with Gasteiger partial charge in [0.05, 0.1) is 0 Å². The van der Waals surface area contributed by atoms with Crippen molar-refractivity contribution < 1.29 is 14.3 Å². The zero-order valence-corrected chi connectivity index (χ0v) is 11.1. The highest BCUT2D eigenvalue weighted by Gasteiger charge is 2.28. The van der Waals surface area contributed by atoms with E-state index in [1.807, 2.05) is 20.8 Å². The van der Waals surface area contributed by atoms with Gasteiger partial charge in [0, 0.05) is 19.0 Å². The third-order valence-corrected chi connectivity index (χ3v) is 2.87. The SMILES string of the molecule is CC(C)(C)OC(=O)N1CCCCCC1CC=O. The molecule has 0 aliphatic carbocycles. The first kappa shape index (κ1) is 14.0. The average molecular weight is 241 g/mol. The summed E-state index contributed by atoms with van der Waals surface area (Å²) in [6.07, 6.45) is 5.12. The topological polar surface area (TPSA) is 46.6 Å². The lowest BCUT2D eigenvalue weighted by molar-refractivity contribution is -0.108. The summed E-state index contributed by atoms with van der Waals surface area (Å²) in [5.41, 5.74) is -0.477. The maximum atomic E-state index is 12.0. The van der Waals surface area contributed by atoms with Gasteiger partial charge in [0.15, 0.2) is 0 Å². The Morgan fingerprint density at radius 2 is 2.06 bits per heavy atom. The highest BCUT2D eigenvalue weighted by atomic mass is 16.6. The standard InChI is InChI=1S/C13H23NO3/c1-13(2,3)17-12(16)14-9-6-4-5-7-11(14)8-10-15/h10-11H,4-9H2,1-3H3. The minimum atomic E-state index is -0.477. The van der Waals surface area contributed by atoms with E-state index in [1.54, 1.807) is 4.90 Å². The van der Waals surface area contributed by atoms with E-state index in [0.717, 1.165) is 32.0 Å². The van der Waals surface area contributed by atoms with E-state index in [0.29, 0.717) is 13.0 Å². The second-order valence-electron chi connectivity index (χ2n) is 5.58. The van der Waals surface area contributed by atoms with Crippen molar-refractivity contribution in [2.24, 2.45) is 0 Å². The van der Waals surface area contributed by atoms with Crippen molar-refractivity contribution in [2.45, 2.75) is 64.5 Å². The second kappa shape index (κ2) is 6.03. The number of likely N-dealkylation sites (tertiary alicyclic amines) is 1. The summed E-state index contributed by atoms with van der Waals surface area (Å²) in [5.74, 6) is 0. The predicted molar refractivity (Wildman–Crippen MR) is 65.9 cm³/mol. The summed E-state index contributed by atoms with van der Waals surface area (Å²) in [6.45, 7) is 6.28. The molecule has 1 aliphatic rings. The molecule has 0 aromatic rings. The Balaban J connectivity index is 2.67. The Morgan fingerprint density at radius 3 is 2.65 bits per heavy atom. The molecule has 1 aliphatic heterocycles.